The van der Waals surface area contributed by atoms with E-state index in [0.29, 0.717) is 0 Å². The van der Waals surface area contributed by atoms with Gasteiger partial charge in [-0.15, -0.1) is 0 Å². The maximum atomic E-state index is 8.97. The number of nitrogens with zero attached hydrogens (tertiary/aromatic N) is 3. The van der Waals surface area contributed by atoms with Crippen molar-refractivity contribution in [2.75, 3.05) is 26.2 Å². The van der Waals surface area contributed by atoms with Gasteiger partial charge in [0.1, 0.15) is 0 Å². The molecule has 2 aliphatic heterocycles. The molecule has 0 aliphatic carbocycles. The summed E-state index contributed by atoms with van der Waals surface area (Å²) in [5.74, 6) is 0. The molecule has 0 bridgehead atoms. The van der Waals surface area contributed by atoms with E-state index in [9.17, 15) is 0 Å². The van der Waals surface area contributed by atoms with Crippen LogP contribution in [0.5, 0.6) is 0 Å². The fraction of sp³-hybridized carbons (Fsp3) is 0.562. The Bertz CT molecular complexity index is 477. The molecule has 0 N–H and O–H groups in total. The number of benzene rings is 1. The molecule has 0 amide bonds. The van der Waals surface area contributed by atoms with Crippen LogP contribution in [0.4, 0.5) is 0 Å². The summed E-state index contributed by atoms with van der Waals surface area (Å²) in [6, 6.07) is 11.0. The third kappa shape index (κ3) is 2.97. The van der Waals surface area contributed by atoms with Crippen LogP contribution in [-0.4, -0.2) is 42.0 Å². The standard InChI is InChI=1S/C16H21N3/c17-11-14-4-1-5-15(10-14)12-18-7-3-9-19-8-2-6-16(19)13-18/h1,4-5,10,16H,2-3,6-9,12-13H2. The third-order valence-electron chi connectivity index (χ3n) is 4.35. The maximum absolute atomic E-state index is 8.97. The summed E-state index contributed by atoms with van der Waals surface area (Å²) in [6.45, 7) is 5.92. The highest BCUT2D eigenvalue weighted by Crippen LogP contribution is 2.22. The molecule has 1 aromatic carbocycles. The second-order valence-electron chi connectivity index (χ2n) is 5.73. The van der Waals surface area contributed by atoms with Gasteiger partial charge < -0.3 is 0 Å². The van der Waals surface area contributed by atoms with Crippen LogP contribution in [0.2, 0.25) is 0 Å². The van der Waals surface area contributed by atoms with E-state index >= 15 is 0 Å². The molecular weight excluding hydrogens is 234 g/mol. The van der Waals surface area contributed by atoms with Gasteiger partial charge in [-0.3, -0.25) is 9.80 Å². The Labute approximate surface area is 115 Å². The summed E-state index contributed by atoms with van der Waals surface area (Å²) in [4.78, 5) is 5.22. The zero-order valence-electron chi connectivity index (χ0n) is 11.4. The van der Waals surface area contributed by atoms with Crippen LogP contribution < -0.4 is 0 Å². The summed E-state index contributed by atoms with van der Waals surface area (Å²) in [6.07, 6.45) is 3.99. The predicted octanol–water partition coefficient (Wildman–Crippen LogP) is 2.23. The second kappa shape index (κ2) is 5.73. The second-order valence-corrected chi connectivity index (χ2v) is 5.73. The summed E-state index contributed by atoms with van der Waals surface area (Å²) in [7, 11) is 0. The molecule has 3 nitrogen and oxygen atoms in total. The lowest BCUT2D eigenvalue weighted by Crippen LogP contribution is -2.36. The summed E-state index contributed by atoms with van der Waals surface area (Å²) < 4.78 is 0. The van der Waals surface area contributed by atoms with Gasteiger partial charge in [-0.2, -0.15) is 5.26 Å². The van der Waals surface area contributed by atoms with Crippen molar-refractivity contribution in [1.29, 1.82) is 5.26 Å². The molecular formula is C16H21N3. The van der Waals surface area contributed by atoms with Gasteiger partial charge in [0.05, 0.1) is 11.6 Å². The number of rotatable bonds is 2. The van der Waals surface area contributed by atoms with Crippen LogP contribution in [0.15, 0.2) is 24.3 Å². The van der Waals surface area contributed by atoms with E-state index in [2.05, 4.69) is 21.9 Å². The molecule has 3 heteroatoms. The third-order valence-corrected chi connectivity index (χ3v) is 4.35. The molecule has 2 heterocycles. The van der Waals surface area contributed by atoms with Crippen LogP contribution in [0.1, 0.15) is 30.4 Å². The zero-order chi connectivity index (χ0) is 13.1. The molecule has 2 fully saturated rings. The Kier molecular flexibility index (Phi) is 3.82. The van der Waals surface area contributed by atoms with E-state index < -0.39 is 0 Å². The van der Waals surface area contributed by atoms with E-state index in [0.717, 1.165) is 18.2 Å². The predicted molar refractivity (Wildman–Crippen MR) is 75.6 cm³/mol. The largest absolute Gasteiger partial charge is 0.299 e. The minimum atomic E-state index is 0.765. The highest BCUT2D eigenvalue weighted by atomic mass is 15.3. The van der Waals surface area contributed by atoms with Gasteiger partial charge in [0.25, 0.3) is 0 Å². The highest BCUT2D eigenvalue weighted by Gasteiger charge is 2.28. The first-order valence-corrected chi connectivity index (χ1v) is 7.30. The summed E-state index contributed by atoms with van der Waals surface area (Å²) in [5, 5.41) is 8.97. The van der Waals surface area contributed by atoms with Crippen LogP contribution in [-0.2, 0) is 6.54 Å². The molecule has 3 rings (SSSR count). The SMILES string of the molecule is N#Cc1cccc(CN2CCCN3CCCC3C2)c1. The van der Waals surface area contributed by atoms with E-state index in [1.54, 1.807) is 0 Å². The van der Waals surface area contributed by atoms with Crippen molar-refractivity contribution in [1.82, 2.24) is 9.80 Å². The Balaban J connectivity index is 1.67. The Morgan fingerprint density at radius 1 is 1.21 bits per heavy atom. The van der Waals surface area contributed by atoms with Crippen molar-refractivity contribution in [2.45, 2.75) is 31.8 Å². The van der Waals surface area contributed by atoms with E-state index in [-0.39, 0.29) is 0 Å². The fourth-order valence-electron chi connectivity index (χ4n) is 3.42. The summed E-state index contributed by atoms with van der Waals surface area (Å²) in [5.41, 5.74) is 2.04. The van der Waals surface area contributed by atoms with Crippen LogP contribution in [0.25, 0.3) is 0 Å². The molecule has 100 valence electrons. The van der Waals surface area contributed by atoms with Gasteiger partial charge in [-0.25, -0.2) is 0 Å². The lowest BCUT2D eigenvalue weighted by molar-refractivity contribution is 0.215. The topological polar surface area (TPSA) is 30.3 Å². The lowest BCUT2D eigenvalue weighted by Gasteiger charge is -2.25. The molecule has 0 aromatic heterocycles. The van der Waals surface area contributed by atoms with Crippen molar-refractivity contribution in [2.24, 2.45) is 0 Å². The molecule has 1 atom stereocenters. The zero-order valence-corrected chi connectivity index (χ0v) is 11.4. The minimum absolute atomic E-state index is 0.765. The first-order chi connectivity index (χ1) is 9.35. The fourth-order valence-corrected chi connectivity index (χ4v) is 3.42. The monoisotopic (exact) mass is 255 g/mol. The van der Waals surface area contributed by atoms with Crippen molar-refractivity contribution in [3.8, 4) is 6.07 Å². The molecule has 19 heavy (non-hydrogen) atoms. The normalized spacial score (nSPS) is 24.7. The van der Waals surface area contributed by atoms with Crippen LogP contribution >= 0.6 is 0 Å². The van der Waals surface area contributed by atoms with Gasteiger partial charge in [-0.1, -0.05) is 12.1 Å². The quantitative estimate of drug-likeness (QED) is 0.812. The molecule has 1 aromatic rings. The average molecular weight is 255 g/mol. The van der Waals surface area contributed by atoms with E-state index in [1.165, 1.54) is 51.0 Å². The van der Waals surface area contributed by atoms with Crippen LogP contribution in [0, 0.1) is 11.3 Å². The lowest BCUT2D eigenvalue weighted by atomic mass is 10.1. The Morgan fingerprint density at radius 2 is 2.11 bits per heavy atom. The smallest absolute Gasteiger partial charge is 0.0991 e. The molecule has 0 radical (unpaired) electrons. The van der Waals surface area contributed by atoms with Gasteiger partial charge >= 0.3 is 0 Å². The van der Waals surface area contributed by atoms with Gasteiger partial charge in [0, 0.05) is 19.1 Å². The van der Waals surface area contributed by atoms with Gasteiger partial charge in [-0.05, 0) is 56.6 Å². The summed E-state index contributed by atoms with van der Waals surface area (Å²) >= 11 is 0. The van der Waals surface area contributed by atoms with Crippen LogP contribution in [0.3, 0.4) is 0 Å². The van der Waals surface area contributed by atoms with E-state index in [1.807, 2.05) is 18.2 Å². The molecule has 2 saturated heterocycles. The first-order valence-electron chi connectivity index (χ1n) is 7.30. The highest BCUT2D eigenvalue weighted by molar-refractivity contribution is 5.32. The van der Waals surface area contributed by atoms with Gasteiger partial charge in [0.15, 0.2) is 0 Å². The van der Waals surface area contributed by atoms with Crippen molar-refractivity contribution >= 4 is 0 Å². The minimum Gasteiger partial charge on any atom is -0.299 e. The molecule has 0 spiro atoms. The average Bonchev–Trinajstić information content (AvgIpc) is 2.78. The Hall–Kier alpha value is -1.37. The molecule has 0 saturated carbocycles. The van der Waals surface area contributed by atoms with Crippen molar-refractivity contribution < 1.29 is 0 Å². The first kappa shape index (κ1) is 12.7. The number of nitriles is 1. The molecule has 2 aliphatic rings. The van der Waals surface area contributed by atoms with Crippen molar-refractivity contribution in [3.63, 3.8) is 0 Å². The number of hydrogen-bond donors (Lipinski definition) is 0. The van der Waals surface area contributed by atoms with Gasteiger partial charge in [0.2, 0.25) is 0 Å². The molecule has 1 unspecified atom stereocenters. The Morgan fingerprint density at radius 3 is 3.00 bits per heavy atom. The van der Waals surface area contributed by atoms with E-state index in [4.69, 9.17) is 5.26 Å². The number of hydrogen-bond acceptors (Lipinski definition) is 3. The number of fused-ring (bicyclic) bond motifs is 1. The van der Waals surface area contributed by atoms with Crippen molar-refractivity contribution in [3.05, 3.63) is 35.4 Å². The maximum Gasteiger partial charge on any atom is 0.0991 e.